The largest absolute Gasteiger partial charge is 0.399 e. The van der Waals surface area contributed by atoms with Crippen LogP contribution in [0.4, 0.5) is 11.4 Å². The Morgan fingerprint density at radius 1 is 1.25 bits per heavy atom. The molecular weight excluding hydrogens is 202 g/mol. The van der Waals surface area contributed by atoms with Gasteiger partial charge >= 0.3 is 0 Å². The van der Waals surface area contributed by atoms with Crippen LogP contribution >= 0.6 is 0 Å². The summed E-state index contributed by atoms with van der Waals surface area (Å²) in [5, 5.41) is 2.91. The van der Waals surface area contributed by atoms with Crippen LogP contribution < -0.4 is 16.8 Å². The first-order chi connectivity index (χ1) is 7.65. The minimum Gasteiger partial charge on any atom is -0.399 e. The Balaban J connectivity index is 1.96. The van der Waals surface area contributed by atoms with Gasteiger partial charge in [-0.15, -0.1) is 0 Å². The predicted octanol–water partition coefficient (Wildman–Crippen LogP) is 1.38. The van der Waals surface area contributed by atoms with E-state index in [1.54, 1.807) is 18.2 Å². The van der Waals surface area contributed by atoms with E-state index in [9.17, 15) is 4.79 Å². The first-order valence-electron chi connectivity index (χ1n) is 5.59. The number of anilines is 2. The van der Waals surface area contributed by atoms with Gasteiger partial charge in [-0.3, -0.25) is 4.79 Å². The van der Waals surface area contributed by atoms with Gasteiger partial charge < -0.3 is 16.8 Å². The van der Waals surface area contributed by atoms with Gasteiger partial charge in [0.15, 0.2) is 0 Å². The molecule has 0 bridgehead atoms. The number of hydrogen-bond acceptors (Lipinski definition) is 3. The van der Waals surface area contributed by atoms with Crippen LogP contribution in [-0.2, 0) is 0 Å². The van der Waals surface area contributed by atoms with Gasteiger partial charge in [-0.1, -0.05) is 6.42 Å². The fraction of sp³-hybridized carbons (Fsp3) is 0.417. The highest BCUT2D eigenvalue weighted by Gasteiger charge is 2.18. The highest BCUT2D eigenvalue weighted by Crippen LogP contribution is 2.25. The molecule has 0 spiro atoms. The van der Waals surface area contributed by atoms with Crippen molar-refractivity contribution < 1.29 is 4.79 Å². The molecule has 1 saturated carbocycles. The van der Waals surface area contributed by atoms with E-state index in [-0.39, 0.29) is 5.91 Å². The molecule has 1 fully saturated rings. The van der Waals surface area contributed by atoms with Crippen molar-refractivity contribution in [3.05, 3.63) is 23.8 Å². The van der Waals surface area contributed by atoms with E-state index in [1.165, 1.54) is 19.3 Å². The molecule has 5 N–H and O–H groups in total. The SMILES string of the molecule is Nc1cc(N)cc(C(=O)NCC2CCC2)c1. The number of carbonyl (C=O) groups is 1. The zero-order valence-electron chi connectivity index (χ0n) is 9.20. The summed E-state index contributed by atoms with van der Waals surface area (Å²) in [6.45, 7) is 0.757. The number of hydrogen-bond donors (Lipinski definition) is 3. The van der Waals surface area contributed by atoms with E-state index < -0.39 is 0 Å². The summed E-state index contributed by atoms with van der Waals surface area (Å²) in [5.74, 6) is 0.563. The molecule has 0 aliphatic heterocycles. The average Bonchev–Trinajstić information content (AvgIpc) is 2.13. The molecule has 0 radical (unpaired) electrons. The molecule has 4 heteroatoms. The Labute approximate surface area is 95.0 Å². The Morgan fingerprint density at radius 2 is 1.88 bits per heavy atom. The van der Waals surface area contributed by atoms with Crippen LogP contribution in [0, 0.1) is 5.92 Å². The first kappa shape index (κ1) is 10.8. The van der Waals surface area contributed by atoms with Crippen LogP contribution in [0.5, 0.6) is 0 Å². The van der Waals surface area contributed by atoms with Gasteiger partial charge in [-0.2, -0.15) is 0 Å². The second-order valence-electron chi connectivity index (χ2n) is 4.40. The third-order valence-electron chi connectivity index (χ3n) is 3.02. The summed E-state index contributed by atoms with van der Waals surface area (Å²) >= 11 is 0. The maximum Gasteiger partial charge on any atom is 0.251 e. The standard InChI is InChI=1S/C12H17N3O/c13-10-4-9(5-11(14)6-10)12(16)15-7-8-2-1-3-8/h4-6,8H,1-3,7,13-14H2,(H,15,16). The lowest BCUT2D eigenvalue weighted by atomic mass is 9.85. The van der Waals surface area contributed by atoms with Crippen molar-refractivity contribution >= 4 is 17.3 Å². The molecule has 1 aromatic rings. The second kappa shape index (κ2) is 4.43. The Morgan fingerprint density at radius 3 is 2.38 bits per heavy atom. The van der Waals surface area contributed by atoms with Gasteiger partial charge in [-0.25, -0.2) is 0 Å². The summed E-state index contributed by atoms with van der Waals surface area (Å²) in [6, 6.07) is 4.93. The fourth-order valence-corrected chi connectivity index (χ4v) is 1.84. The third-order valence-corrected chi connectivity index (χ3v) is 3.02. The van der Waals surface area contributed by atoms with Crippen LogP contribution in [0.2, 0.25) is 0 Å². The van der Waals surface area contributed by atoms with Gasteiger partial charge in [-0.05, 0) is 37.0 Å². The molecule has 0 saturated heterocycles. The molecule has 0 unspecified atom stereocenters. The van der Waals surface area contributed by atoms with Crippen molar-refractivity contribution in [2.45, 2.75) is 19.3 Å². The molecule has 1 aromatic carbocycles. The maximum absolute atomic E-state index is 11.8. The smallest absolute Gasteiger partial charge is 0.251 e. The fourth-order valence-electron chi connectivity index (χ4n) is 1.84. The van der Waals surface area contributed by atoms with E-state index in [2.05, 4.69) is 5.32 Å². The van der Waals surface area contributed by atoms with Crippen LogP contribution in [0.25, 0.3) is 0 Å². The predicted molar refractivity (Wildman–Crippen MR) is 64.9 cm³/mol. The molecule has 0 heterocycles. The second-order valence-corrected chi connectivity index (χ2v) is 4.40. The lowest BCUT2D eigenvalue weighted by molar-refractivity contribution is 0.0939. The normalized spacial score (nSPS) is 15.5. The van der Waals surface area contributed by atoms with Crippen molar-refractivity contribution in [2.75, 3.05) is 18.0 Å². The van der Waals surface area contributed by atoms with Gasteiger partial charge in [0.25, 0.3) is 5.91 Å². The zero-order chi connectivity index (χ0) is 11.5. The topological polar surface area (TPSA) is 81.1 Å². The highest BCUT2D eigenvalue weighted by molar-refractivity contribution is 5.96. The summed E-state index contributed by atoms with van der Waals surface area (Å²) in [7, 11) is 0. The van der Waals surface area contributed by atoms with Crippen molar-refractivity contribution in [3.63, 3.8) is 0 Å². The first-order valence-corrected chi connectivity index (χ1v) is 5.59. The molecule has 86 valence electrons. The number of benzene rings is 1. The van der Waals surface area contributed by atoms with Crippen molar-refractivity contribution in [1.82, 2.24) is 5.32 Å². The third kappa shape index (κ3) is 2.45. The Kier molecular flexibility index (Phi) is 2.99. The van der Waals surface area contributed by atoms with E-state index in [1.807, 2.05) is 0 Å². The number of nitrogen functional groups attached to an aromatic ring is 2. The summed E-state index contributed by atoms with van der Waals surface area (Å²) in [4.78, 5) is 11.8. The minimum absolute atomic E-state index is 0.0918. The van der Waals surface area contributed by atoms with Gasteiger partial charge in [0.2, 0.25) is 0 Å². The Bertz CT molecular complexity index is 379. The van der Waals surface area contributed by atoms with Crippen LogP contribution in [0.15, 0.2) is 18.2 Å². The Hall–Kier alpha value is -1.71. The molecule has 1 aliphatic rings. The zero-order valence-corrected chi connectivity index (χ0v) is 9.20. The summed E-state index contributed by atoms with van der Waals surface area (Å²) in [5.41, 5.74) is 12.8. The number of nitrogens with two attached hydrogens (primary N) is 2. The van der Waals surface area contributed by atoms with E-state index in [0.29, 0.717) is 22.9 Å². The average molecular weight is 219 g/mol. The molecule has 1 aliphatic carbocycles. The van der Waals surface area contributed by atoms with Crippen LogP contribution in [-0.4, -0.2) is 12.5 Å². The van der Waals surface area contributed by atoms with Gasteiger partial charge in [0.1, 0.15) is 0 Å². The number of rotatable bonds is 3. The summed E-state index contributed by atoms with van der Waals surface area (Å²) < 4.78 is 0. The van der Waals surface area contributed by atoms with Crippen LogP contribution in [0.1, 0.15) is 29.6 Å². The number of nitrogens with one attached hydrogen (secondary N) is 1. The summed E-state index contributed by atoms with van der Waals surface area (Å²) in [6.07, 6.45) is 3.73. The van der Waals surface area contributed by atoms with E-state index >= 15 is 0 Å². The molecule has 0 atom stereocenters. The molecule has 1 amide bonds. The van der Waals surface area contributed by atoms with E-state index in [0.717, 1.165) is 6.54 Å². The van der Waals surface area contributed by atoms with Gasteiger partial charge in [0, 0.05) is 23.5 Å². The lowest BCUT2D eigenvalue weighted by Crippen LogP contribution is -2.32. The molecule has 2 rings (SSSR count). The van der Waals surface area contributed by atoms with Crippen molar-refractivity contribution in [2.24, 2.45) is 5.92 Å². The minimum atomic E-state index is -0.0918. The lowest BCUT2D eigenvalue weighted by Gasteiger charge is -2.25. The molecule has 16 heavy (non-hydrogen) atoms. The molecular formula is C12H17N3O. The molecule has 4 nitrogen and oxygen atoms in total. The number of amides is 1. The quantitative estimate of drug-likeness (QED) is 0.672. The molecule has 0 aromatic heterocycles. The highest BCUT2D eigenvalue weighted by atomic mass is 16.1. The monoisotopic (exact) mass is 219 g/mol. The maximum atomic E-state index is 11.8. The van der Waals surface area contributed by atoms with Crippen molar-refractivity contribution in [1.29, 1.82) is 0 Å². The van der Waals surface area contributed by atoms with Crippen molar-refractivity contribution in [3.8, 4) is 0 Å². The number of carbonyl (C=O) groups excluding carboxylic acids is 1. The van der Waals surface area contributed by atoms with Crippen LogP contribution in [0.3, 0.4) is 0 Å². The van der Waals surface area contributed by atoms with Gasteiger partial charge in [0.05, 0.1) is 0 Å². The van der Waals surface area contributed by atoms with E-state index in [4.69, 9.17) is 11.5 Å².